The van der Waals surface area contributed by atoms with Gasteiger partial charge in [-0.15, -0.1) is 0 Å². The zero-order valence-corrected chi connectivity index (χ0v) is 10.0. The van der Waals surface area contributed by atoms with Crippen molar-refractivity contribution in [2.75, 3.05) is 13.1 Å². The van der Waals surface area contributed by atoms with E-state index in [2.05, 4.69) is 13.0 Å². The van der Waals surface area contributed by atoms with E-state index >= 15 is 0 Å². The summed E-state index contributed by atoms with van der Waals surface area (Å²) in [6, 6.07) is 2.22. The van der Waals surface area contributed by atoms with Crippen LogP contribution in [0.25, 0.3) is 0 Å². The van der Waals surface area contributed by atoms with Crippen LogP contribution >= 0.6 is 0 Å². The van der Waals surface area contributed by atoms with E-state index in [1.807, 2.05) is 4.90 Å². The van der Waals surface area contributed by atoms with Gasteiger partial charge in [0.2, 0.25) is 5.91 Å². The van der Waals surface area contributed by atoms with Crippen molar-refractivity contribution in [3.63, 3.8) is 0 Å². The number of nitrogens with zero attached hydrogens (tertiary/aromatic N) is 2. The van der Waals surface area contributed by atoms with Gasteiger partial charge in [0.15, 0.2) is 0 Å². The molecular weight excluding hydrogens is 200 g/mol. The molecular formula is C13H20N2O. The summed E-state index contributed by atoms with van der Waals surface area (Å²) >= 11 is 0. The molecule has 2 aliphatic rings. The highest BCUT2D eigenvalue weighted by Crippen LogP contribution is 2.42. The van der Waals surface area contributed by atoms with Crippen LogP contribution in [0.3, 0.4) is 0 Å². The van der Waals surface area contributed by atoms with Crippen LogP contribution in [-0.2, 0) is 4.79 Å². The van der Waals surface area contributed by atoms with Crippen molar-refractivity contribution in [1.82, 2.24) is 4.90 Å². The average Bonchev–Trinajstić information content (AvgIpc) is 2.88. The number of hydrogen-bond donors (Lipinski definition) is 0. The molecule has 0 bridgehead atoms. The summed E-state index contributed by atoms with van der Waals surface area (Å²) in [6.07, 6.45) is 6.72. The molecule has 0 aromatic carbocycles. The summed E-state index contributed by atoms with van der Waals surface area (Å²) < 4.78 is 0. The summed E-state index contributed by atoms with van der Waals surface area (Å²) in [5.41, 5.74) is 0.361. The molecule has 1 saturated carbocycles. The van der Waals surface area contributed by atoms with Crippen LogP contribution in [0.15, 0.2) is 0 Å². The molecule has 1 unspecified atom stereocenters. The molecule has 0 aromatic heterocycles. The minimum Gasteiger partial charge on any atom is -0.341 e. The third kappa shape index (κ3) is 2.07. The van der Waals surface area contributed by atoms with Crippen LogP contribution < -0.4 is 0 Å². The van der Waals surface area contributed by atoms with E-state index in [4.69, 9.17) is 5.26 Å². The highest BCUT2D eigenvalue weighted by atomic mass is 16.2. The van der Waals surface area contributed by atoms with Gasteiger partial charge in [-0.25, -0.2) is 0 Å². The second-order valence-electron chi connectivity index (χ2n) is 5.37. The normalized spacial score (nSPS) is 28.4. The molecule has 0 radical (unpaired) electrons. The lowest BCUT2D eigenvalue weighted by Crippen LogP contribution is -2.37. The minimum absolute atomic E-state index is 0.0668. The van der Waals surface area contributed by atoms with Crippen LogP contribution in [0.1, 0.15) is 45.4 Å². The van der Waals surface area contributed by atoms with Gasteiger partial charge in [-0.1, -0.05) is 19.8 Å². The van der Waals surface area contributed by atoms with Gasteiger partial charge in [0, 0.05) is 19.5 Å². The Balaban J connectivity index is 1.99. The van der Waals surface area contributed by atoms with Gasteiger partial charge in [-0.2, -0.15) is 5.26 Å². The molecule has 1 saturated heterocycles. The number of likely N-dealkylation sites (tertiary alicyclic amines) is 1. The first kappa shape index (κ1) is 11.4. The van der Waals surface area contributed by atoms with Crippen LogP contribution in [0.2, 0.25) is 0 Å². The van der Waals surface area contributed by atoms with E-state index in [0.717, 1.165) is 13.0 Å². The van der Waals surface area contributed by atoms with E-state index in [0.29, 0.717) is 18.4 Å². The fraction of sp³-hybridized carbons (Fsp3) is 0.846. The standard InChI is InChI=1S/C13H20N2O/c1-2-13(5-3-4-6-13)10-15-9-11(8-14)7-12(15)16/h11H,2-7,9-10H2,1H3. The maximum atomic E-state index is 11.8. The summed E-state index contributed by atoms with van der Waals surface area (Å²) in [4.78, 5) is 13.7. The van der Waals surface area contributed by atoms with Gasteiger partial charge in [-0.05, 0) is 24.7 Å². The van der Waals surface area contributed by atoms with Crippen LogP contribution in [0.5, 0.6) is 0 Å². The molecule has 1 atom stereocenters. The molecule has 88 valence electrons. The molecule has 1 heterocycles. The number of amides is 1. The Kier molecular flexibility index (Phi) is 3.18. The summed E-state index contributed by atoms with van der Waals surface area (Å²) in [5.74, 6) is 0.120. The van der Waals surface area contributed by atoms with Crippen molar-refractivity contribution >= 4 is 5.91 Å². The third-order valence-electron chi connectivity index (χ3n) is 4.34. The van der Waals surface area contributed by atoms with Crippen molar-refractivity contribution in [1.29, 1.82) is 5.26 Å². The van der Waals surface area contributed by atoms with Gasteiger partial charge < -0.3 is 4.90 Å². The largest absolute Gasteiger partial charge is 0.341 e. The lowest BCUT2D eigenvalue weighted by Gasteiger charge is -2.32. The number of carbonyl (C=O) groups is 1. The molecule has 0 N–H and O–H groups in total. The zero-order valence-electron chi connectivity index (χ0n) is 10.0. The monoisotopic (exact) mass is 220 g/mol. The SMILES string of the molecule is CCC1(CN2CC(C#N)CC2=O)CCCC1. The maximum Gasteiger partial charge on any atom is 0.224 e. The van der Waals surface area contributed by atoms with Gasteiger partial charge in [0.05, 0.1) is 12.0 Å². The Morgan fingerprint density at radius 2 is 2.19 bits per heavy atom. The average molecular weight is 220 g/mol. The molecule has 3 heteroatoms. The predicted octanol–water partition coefficient (Wildman–Crippen LogP) is 2.33. The summed E-state index contributed by atoms with van der Waals surface area (Å²) in [7, 11) is 0. The highest BCUT2D eigenvalue weighted by Gasteiger charge is 2.38. The fourth-order valence-corrected chi connectivity index (χ4v) is 3.16. The van der Waals surface area contributed by atoms with Gasteiger partial charge >= 0.3 is 0 Å². The van der Waals surface area contributed by atoms with E-state index in [9.17, 15) is 4.79 Å². The number of nitriles is 1. The first-order valence-corrected chi connectivity index (χ1v) is 6.36. The molecule has 1 aliphatic carbocycles. The predicted molar refractivity (Wildman–Crippen MR) is 61.5 cm³/mol. The molecule has 0 aromatic rings. The van der Waals surface area contributed by atoms with Crippen molar-refractivity contribution < 1.29 is 4.79 Å². The third-order valence-corrected chi connectivity index (χ3v) is 4.34. The van der Waals surface area contributed by atoms with Crippen molar-refractivity contribution in [2.45, 2.75) is 45.4 Å². The van der Waals surface area contributed by atoms with E-state index in [1.165, 1.54) is 25.7 Å². The van der Waals surface area contributed by atoms with Gasteiger partial charge in [-0.3, -0.25) is 4.79 Å². The number of rotatable bonds is 3. The van der Waals surface area contributed by atoms with E-state index < -0.39 is 0 Å². The first-order valence-electron chi connectivity index (χ1n) is 6.36. The molecule has 0 spiro atoms. The Morgan fingerprint density at radius 3 is 2.69 bits per heavy atom. The molecule has 2 fully saturated rings. The Hall–Kier alpha value is -1.04. The molecule has 1 amide bonds. The van der Waals surface area contributed by atoms with Crippen LogP contribution in [-0.4, -0.2) is 23.9 Å². The fourth-order valence-electron chi connectivity index (χ4n) is 3.16. The zero-order chi connectivity index (χ0) is 11.6. The molecule has 16 heavy (non-hydrogen) atoms. The number of hydrogen-bond acceptors (Lipinski definition) is 2. The Labute approximate surface area is 97.4 Å². The Bertz CT molecular complexity index is 312. The Morgan fingerprint density at radius 1 is 1.50 bits per heavy atom. The van der Waals surface area contributed by atoms with Gasteiger partial charge in [0.25, 0.3) is 0 Å². The van der Waals surface area contributed by atoms with E-state index in [1.54, 1.807) is 0 Å². The molecule has 3 nitrogen and oxygen atoms in total. The lowest BCUT2D eigenvalue weighted by molar-refractivity contribution is -0.129. The quantitative estimate of drug-likeness (QED) is 0.732. The highest BCUT2D eigenvalue weighted by molar-refractivity contribution is 5.79. The topological polar surface area (TPSA) is 44.1 Å². The first-order chi connectivity index (χ1) is 7.69. The van der Waals surface area contributed by atoms with E-state index in [-0.39, 0.29) is 11.8 Å². The number of carbonyl (C=O) groups excluding carboxylic acids is 1. The van der Waals surface area contributed by atoms with Crippen molar-refractivity contribution in [3.8, 4) is 6.07 Å². The summed E-state index contributed by atoms with van der Waals surface area (Å²) in [5, 5.41) is 8.85. The van der Waals surface area contributed by atoms with Crippen LogP contribution in [0, 0.1) is 22.7 Å². The second kappa shape index (κ2) is 4.45. The lowest BCUT2D eigenvalue weighted by atomic mass is 9.83. The minimum atomic E-state index is -0.0668. The smallest absolute Gasteiger partial charge is 0.224 e. The molecule has 1 aliphatic heterocycles. The second-order valence-corrected chi connectivity index (χ2v) is 5.37. The summed E-state index contributed by atoms with van der Waals surface area (Å²) in [6.45, 7) is 3.78. The molecule has 2 rings (SSSR count). The van der Waals surface area contributed by atoms with Gasteiger partial charge in [0.1, 0.15) is 0 Å². The van der Waals surface area contributed by atoms with Crippen molar-refractivity contribution in [2.24, 2.45) is 11.3 Å². The van der Waals surface area contributed by atoms with Crippen LogP contribution in [0.4, 0.5) is 0 Å². The maximum absolute atomic E-state index is 11.8. The van der Waals surface area contributed by atoms with Crippen molar-refractivity contribution in [3.05, 3.63) is 0 Å².